The van der Waals surface area contributed by atoms with E-state index in [1.165, 1.54) is 25.9 Å². The smallest absolute Gasteiger partial charge is 0.119 e. The largest absolute Gasteiger partial charge is 0.492 e. The van der Waals surface area contributed by atoms with E-state index in [4.69, 9.17) is 16.3 Å². The van der Waals surface area contributed by atoms with Gasteiger partial charge in [-0.05, 0) is 43.6 Å². The van der Waals surface area contributed by atoms with Gasteiger partial charge in [0, 0.05) is 12.4 Å². The minimum Gasteiger partial charge on any atom is -0.492 e. The maximum absolute atomic E-state index is 5.72. The third-order valence-corrected chi connectivity index (χ3v) is 3.26. The highest BCUT2D eigenvalue weighted by molar-refractivity contribution is 6.17. The van der Waals surface area contributed by atoms with Crippen molar-refractivity contribution in [2.45, 2.75) is 18.7 Å². The molecular formula is C13H18ClNO. The first kappa shape index (κ1) is 11.7. The van der Waals surface area contributed by atoms with E-state index in [0.717, 1.165) is 24.5 Å². The van der Waals surface area contributed by atoms with Crippen LogP contribution in [0, 0.1) is 0 Å². The number of hydrogen-bond acceptors (Lipinski definition) is 2. The molecule has 0 saturated carbocycles. The zero-order valence-corrected chi connectivity index (χ0v) is 10.2. The number of benzene rings is 1. The third-order valence-electron chi connectivity index (χ3n) is 2.95. The predicted octanol–water partition coefficient (Wildman–Crippen LogP) is 2.90. The van der Waals surface area contributed by atoms with Gasteiger partial charge in [-0.25, -0.2) is 0 Å². The molecule has 88 valence electrons. The molecule has 2 rings (SSSR count). The fraction of sp³-hybridized carbons (Fsp3) is 0.538. The van der Waals surface area contributed by atoms with E-state index >= 15 is 0 Å². The molecule has 0 aliphatic carbocycles. The van der Waals surface area contributed by atoms with Gasteiger partial charge in [0.25, 0.3) is 0 Å². The minimum absolute atomic E-state index is 0.564. The fourth-order valence-electron chi connectivity index (χ4n) is 1.97. The van der Waals surface area contributed by atoms with Crippen molar-refractivity contribution in [2.24, 2.45) is 0 Å². The standard InChI is InChI=1S/C13H18ClNO/c14-11-12-3-5-13(6-4-12)16-10-9-15-7-1-2-8-15/h3-6H,1-2,7-11H2. The first-order valence-corrected chi connectivity index (χ1v) is 6.42. The Kier molecular flexibility index (Phi) is 4.49. The first-order valence-electron chi connectivity index (χ1n) is 5.88. The molecule has 0 radical (unpaired) electrons. The minimum atomic E-state index is 0.564. The lowest BCUT2D eigenvalue weighted by Gasteiger charge is -2.14. The molecule has 0 aromatic heterocycles. The van der Waals surface area contributed by atoms with Gasteiger partial charge in [0.05, 0.1) is 0 Å². The zero-order chi connectivity index (χ0) is 11.2. The fourth-order valence-corrected chi connectivity index (χ4v) is 2.15. The molecule has 0 amide bonds. The molecule has 0 atom stereocenters. The molecule has 1 aliphatic rings. The highest BCUT2D eigenvalue weighted by atomic mass is 35.5. The Labute approximate surface area is 102 Å². The molecule has 1 heterocycles. The number of nitrogens with zero attached hydrogens (tertiary/aromatic N) is 1. The first-order chi connectivity index (χ1) is 7.88. The van der Waals surface area contributed by atoms with Gasteiger partial charge in [0.1, 0.15) is 12.4 Å². The summed E-state index contributed by atoms with van der Waals surface area (Å²) in [5.74, 6) is 1.50. The Hall–Kier alpha value is -0.730. The Balaban J connectivity index is 1.71. The SMILES string of the molecule is ClCc1ccc(OCCN2CCCC2)cc1. The lowest BCUT2D eigenvalue weighted by molar-refractivity contribution is 0.238. The van der Waals surface area contributed by atoms with E-state index in [9.17, 15) is 0 Å². The molecular weight excluding hydrogens is 222 g/mol. The van der Waals surface area contributed by atoms with Gasteiger partial charge in [-0.3, -0.25) is 4.90 Å². The van der Waals surface area contributed by atoms with Gasteiger partial charge in [-0.15, -0.1) is 11.6 Å². The van der Waals surface area contributed by atoms with Crippen LogP contribution in [0.15, 0.2) is 24.3 Å². The molecule has 1 aromatic carbocycles. The molecule has 1 aromatic rings. The van der Waals surface area contributed by atoms with Gasteiger partial charge < -0.3 is 4.74 Å². The van der Waals surface area contributed by atoms with E-state index in [1.54, 1.807) is 0 Å². The van der Waals surface area contributed by atoms with Crippen LogP contribution in [-0.4, -0.2) is 31.1 Å². The van der Waals surface area contributed by atoms with Gasteiger partial charge in [0.2, 0.25) is 0 Å². The molecule has 1 fully saturated rings. The van der Waals surface area contributed by atoms with Gasteiger partial charge in [-0.1, -0.05) is 12.1 Å². The maximum Gasteiger partial charge on any atom is 0.119 e. The second-order valence-corrected chi connectivity index (χ2v) is 4.44. The van der Waals surface area contributed by atoms with Crippen molar-refractivity contribution in [3.05, 3.63) is 29.8 Å². The van der Waals surface area contributed by atoms with Crippen molar-refractivity contribution in [3.63, 3.8) is 0 Å². The summed E-state index contributed by atoms with van der Waals surface area (Å²) in [6.45, 7) is 4.28. The quantitative estimate of drug-likeness (QED) is 0.733. The average Bonchev–Trinajstić information content (AvgIpc) is 2.83. The number of halogens is 1. The Morgan fingerprint density at radius 2 is 1.81 bits per heavy atom. The Bertz CT molecular complexity index is 306. The molecule has 0 bridgehead atoms. The summed E-state index contributed by atoms with van der Waals surface area (Å²) in [6, 6.07) is 8.00. The van der Waals surface area contributed by atoms with Crippen LogP contribution in [0.2, 0.25) is 0 Å². The molecule has 1 aliphatic heterocycles. The van der Waals surface area contributed by atoms with Gasteiger partial charge >= 0.3 is 0 Å². The highest BCUT2D eigenvalue weighted by Gasteiger charge is 2.10. The number of alkyl halides is 1. The molecule has 0 spiro atoms. The Morgan fingerprint density at radius 1 is 1.12 bits per heavy atom. The normalized spacial score (nSPS) is 16.6. The number of ether oxygens (including phenoxy) is 1. The van der Waals surface area contributed by atoms with Crippen LogP contribution in [0.1, 0.15) is 18.4 Å². The van der Waals surface area contributed by atoms with E-state index in [2.05, 4.69) is 4.90 Å². The topological polar surface area (TPSA) is 12.5 Å². The summed E-state index contributed by atoms with van der Waals surface area (Å²) >= 11 is 5.72. The monoisotopic (exact) mass is 239 g/mol. The van der Waals surface area contributed by atoms with E-state index in [1.807, 2.05) is 24.3 Å². The molecule has 16 heavy (non-hydrogen) atoms. The van der Waals surface area contributed by atoms with Crippen LogP contribution in [0.25, 0.3) is 0 Å². The van der Waals surface area contributed by atoms with Crippen LogP contribution >= 0.6 is 11.6 Å². The average molecular weight is 240 g/mol. The van der Waals surface area contributed by atoms with Crippen LogP contribution in [0.5, 0.6) is 5.75 Å². The number of hydrogen-bond donors (Lipinski definition) is 0. The van der Waals surface area contributed by atoms with Crippen LogP contribution in [-0.2, 0) is 5.88 Å². The van der Waals surface area contributed by atoms with Crippen molar-refractivity contribution in [1.82, 2.24) is 4.90 Å². The van der Waals surface area contributed by atoms with E-state index in [0.29, 0.717) is 5.88 Å². The molecule has 0 N–H and O–H groups in total. The molecule has 0 unspecified atom stereocenters. The zero-order valence-electron chi connectivity index (χ0n) is 9.49. The van der Waals surface area contributed by atoms with E-state index < -0.39 is 0 Å². The van der Waals surface area contributed by atoms with Crippen molar-refractivity contribution >= 4 is 11.6 Å². The second-order valence-electron chi connectivity index (χ2n) is 4.17. The summed E-state index contributed by atoms with van der Waals surface area (Å²) in [4.78, 5) is 2.45. The lowest BCUT2D eigenvalue weighted by Crippen LogP contribution is -2.25. The summed E-state index contributed by atoms with van der Waals surface area (Å²) in [5.41, 5.74) is 1.13. The van der Waals surface area contributed by atoms with Crippen molar-refractivity contribution in [1.29, 1.82) is 0 Å². The summed E-state index contributed by atoms with van der Waals surface area (Å²) < 4.78 is 5.68. The summed E-state index contributed by atoms with van der Waals surface area (Å²) in [7, 11) is 0. The number of rotatable bonds is 5. The Morgan fingerprint density at radius 3 is 2.44 bits per heavy atom. The third kappa shape index (κ3) is 3.39. The highest BCUT2D eigenvalue weighted by Crippen LogP contribution is 2.14. The molecule has 1 saturated heterocycles. The van der Waals surface area contributed by atoms with Crippen molar-refractivity contribution in [2.75, 3.05) is 26.2 Å². The van der Waals surface area contributed by atoms with Crippen molar-refractivity contribution < 1.29 is 4.74 Å². The molecule has 2 nitrogen and oxygen atoms in total. The van der Waals surface area contributed by atoms with Gasteiger partial charge in [-0.2, -0.15) is 0 Å². The predicted molar refractivity (Wildman–Crippen MR) is 67.2 cm³/mol. The van der Waals surface area contributed by atoms with Crippen molar-refractivity contribution in [3.8, 4) is 5.75 Å². The maximum atomic E-state index is 5.72. The van der Waals surface area contributed by atoms with Crippen LogP contribution < -0.4 is 4.74 Å². The lowest BCUT2D eigenvalue weighted by atomic mass is 10.2. The second kappa shape index (κ2) is 6.12. The van der Waals surface area contributed by atoms with E-state index in [-0.39, 0.29) is 0 Å². The van der Waals surface area contributed by atoms with Crippen LogP contribution in [0.3, 0.4) is 0 Å². The summed E-state index contributed by atoms with van der Waals surface area (Å²) in [5, 5.41) is 0. The summed E-state index contributed by atoms with van der Waals surface area (Å²) in [6.07, 6.45) is 2.68. The molecule has 3 heteroatoms. The number of likely N-dealkylation sites (tertiary alicyclic amines) is 1. The van der Waals surface area contributed by atoms with Crippen LogP contribution in [0.4, 0.5) is 0 Å². The van der Waals surface area contributed by atoms with Gasteiger partial charge in [0.15, 0.2) is 0 Å².